The van der Waals surface area contributed by atoms with Gasteiger partial charge >= 0.3 is 0 Å². The van der Waals surface area contributed by atoms with Crippen LogP contribution in [0.5, 0.6) is 0 Å². The fourth-order valence-electron chi connectivity index (χ4n) is 1.11. The Morgan fingerprint density at radius 1 is 1.53 bits per heavy atom. The van der Waals surface area contributed by atoms with E-state index in [1.807, 2.05) is 0 Å². The highest BCUT2D eigenvalue weighted by Crippen LogP contribution is 2.30. The zero-order valence-electron chi connectivity index (χ0n) is 8.32. The topological polar surface area (TPSA) is 66.9 Å². The minimum absolute atomic E-state index is 0.0810. The van der Waals surface area contributed by atoms with E-state index in [9.17, 15) is 10.1 Å². The number of hydrogen-bond acceptors (Lipinski definition) is 3. The fraction of sp³-hybridized carbons (Fsp3) is 0.300. The molecule has 0 fully saturated rings. The molecule has 0 aliphatic carbocycles. The Morgan fingerprint density at radius 2 is 2.13 bits per heavy atom. The molecule has 0 saturated carbocycles. The minimum atomic E-state index is -0.755. The number of nitro groups is 1. The van der Waals surface area contributed by atoms with Crippen LogP contribution in [-0.2, 0) is 5.41 Å². The van der Waals surface area contributed by atoms with Gasteiger partial charge in [0.25, 0.3) is 5.69 Å². The van der Waals surface area contributed by atoms with Crippen molar-refractivity contribution >= 4 is 17.3 Å². The summed E-state index contributed by atoms with van der Waals surface area (Å²) in [6.45, 7) is 3.39. The number of nitrogens with zero attached hydrogens (tertiary/aromatic N) is 2. The zero-order chi connectivity index (χ0) is 11.6. The minimum Gasteiger partial charge on any atom is -0.258 e. The number of nitriles is 1. The van der Waals surface area contributed by atoms with Crippen molar-refractivity contribution in [1.29, 1.82) is 5.26 Å². The first kappa shape index (κ1) is 11.5. The molecule has 4 nitrogen and oxygen atoms in total. The van der Waals surface area contributed by atoms with Crippen molar-refractivity contribution in [3.8, 4) is 6.07 Å². The van der Waals surface area contributed by atoms with Crippen molar-refractivity contribution < 1.29 is 4.92 Å². The predicted molar refractivity (Wildman–Crippen MR) is 56.7 cm³/mol. The molecule has 0 spiro atoms. The number of hydrogen-bond donors (Lipinski definition) is 0. The van der Waals surface area contributed by atoms with Crippen molar-refractivity contribution in [2.75, 3.05) is 0 Å². The molecule has 0 bridgehead atoms. The summed E-state index contributed by atoms with van der Waals surface area (Å²) in [6, 6.07) is 6.48. The van der Waals surface area contributed by atoms with E-state index in [-0.39, 0.29) is 10.7 Å². The van der Waals surface area contributed by atoms with Gasteiger partial charge in [0.1, 0.15) is 5.02 Å². The second-order valence-corrected chi connectivity index (χ2v) is 4.07. The van der Waals surface area contributed by atoms with Crippen molar-refractivity contribution in [3.05, 3.63) is 38.9 Å². The molecule has 1 aromatic carbocycles. The van der Waals surface area contributed by atoms with Crippen molar-refractivity contribution in [2.24, 2.45) is 0 Å². The molecule has 0 aromatic heterocycles. The van der Waals surface area contributed by atoms with Crippen LogP contribution in [0.3, 0.4) is 0 Å². The van der Waals surface area contributed by atoms with Crippen LogP contribution < -0.4 is 0 Å². The van der Waals surface area contributed by atoms with Crippen molar-refractivity contribution in [2.45, 2.75) is 19.3 Å². The lowest BCUT2D eigenvalue weighted by molar-refractivity contribution is -0.384. The molecule has 0 heterocycles. The lowest BCUT2D eigenvalue weighted by Crippen LogP contribution is -2.13. The molecule has 15 heavy (non-hydrogen) atoms. The molecule has 1 aromatic rings. The molecule has 0 aliphatic heterocycles. The quantitative estimate of drug-likeness (QED) is 0.573. The summed E-state index contributed by atoms with van der Waals surface area (Å²) >= 11 is 5.66. The van der Waals surface area contributed by atoms with E-state index >= 15 is 0 Å². The number of nitro benzene ring substituents is 1. The van der Waals surface area contributed by atoms with Gasteiger partial charge in [-0.3, -0.25) is 10.1 Å². The summed E-state index contributed by atoms with van der Waals surface area (Å²) < 4.78 is 0. The summed E-state index contributed by atoms with van der Waals surface area (Å²) in [6.07, 6.45) is 0. The van der Waals surface area contributed by atoms with Crippen LogP contribution in [-0.4, -0.2) is 4.92 Å². The van der Waals surface area contributed by atoms with E-state index in [0.29, 0.717) is 5.56 Å². The highest BCUT2D eigenvalue weighted by Gasteiger charge is 2.23. The first-order valence-electron chi connectivity index (χ1n) is 4.24. The molecule has 0 saturated heterocycles. The van der Waals surface area contributed by atoms with E-state index in [1.54, 1.807) is 19.9 Å². The van der Waals surface area contributed by atoms with Gasteiger partial charge in [0.15, 0.2) is 0 Å². The second kappa shape index (κ2) is 3.87. The zero-order valence-corrected chi connectivity index (χ0v) is 9.08. The lowest BCUT2D eigenvalue weighted by Gasteiger charge is -2.15. The van der Waals surface area contributed by atoms with Crippen LogP contribution >= 0.6 is 11.6 Å². The predicted octanol–water partition coefficient (Wildman–Crippen LogP) is 3.05. The molecule has 5 heteroatoms. The standard InChI is InChI=1S/C10H9ClN2O2/c1-10(2,6-12)7-3-4-8(11)9(5-7)13(14)15/h3-5H,1-2H3. The van der Waals surface area contributed by atoms with Crippen molar-refractivity contribution in [3.63, 3.8) is 0 Å². The van der Waals surface area contributed by atoms with E-state index in [2.05, 4.69) is 6.07 Å². The third kappa shape index (κ3) is 2.25. The molecule has 0 N–H and O–H groups in total. The maximum atomic E-state index is 10.6. The Bertz CT molecular complexity index is 449. The smallest absolute Gasteiger partial charge is 0.258 e. The maximum Gasteiger partial charge on any atom is 0.288 e. The molecule has 0 aliphatic rings. The van der Waals surface area contributed by atoms with Gasteiger partial charge < -0.3 is 0 Å². The number of rotatable bonds is 2. The highest BCUT2D eigenvalue weighted by atomic mass is 35.5. The SMILES string of the molecule is CC(C)(C#N)c1ccc(Cl)c([N+](=O)[O-])c1. The van der Waals surface area contributed by atoms with Crippen molar-refractivity contribution in [1.82, 2.24) is 0 Å². The largest absolute Gasteiger partial charge is 0.288 e. The maximum absolute atomic E-state index is 10.6. The van der Waals surface area contributed by atoms with Gasteiger partial charge in [0.2, 0.25) is 0 Å². The van der Waals surface area contributed by atoms with E-state index < -0.39 is 10.3 Å². The van der Waals surface area contributed by atoms with Gasteiger partial charge in [-0.25, -0.2) is 0 Å². The first-order chi connectivity index (χ1) is 6.88. The van der Waals surface area contributed by atoms with Gasteiger partial charge in [0.05, 0.1) is 16.4 Å². The Morgan fingerprint density at radius 3 is 2.60 bits per heavy atom. The molecule has 0 atom stereocenters. The summed E-state index contributed by atoms with van der Waals surface area (Å²) in [5.41, 5.74) is -0.339. The molecule has 0 amide bonds. The first-order valence-corrected chi connectivity index (χ1v) is 4.62. The third-order valence-electron chi connectivity index (χ3n) is 2.14. The average Bonchev–Trinajstić information content (AvgIpc) is 2.17. The average molecular weight is 225 g/mol. The van der Waals surface area contributed by atoms with E-state index in [4.69, 9.17) is 16.9 Å². The van der Waals surface area contributed by atoms with E-state index in [1.165, 1.54) is 12.1 Å². The highest BCUT2D eigenvalue weighted by molar-refractivity contribution is 6.32. The lowest BCUT2D eigenvalue weighted by atomic mass is 9.86. The number of halogens is 1. The number of benzene rings is 1. The van der Waals surface area contributed by atoms with Gasteiger partial charge in [0, 0.05) is 6.07 Å². The van der Waals surface area contributed by atoms with Crippen LogP contribution in [0.25, 0.3) is 0 Å². The van der Waals surface area contributed by atoms with Crippen LogP contribution in [0.1, 0.15) is 19.4 Å². The summed E-state index contributed by atoms with van der Waals surface area (Å²) in [5.74, 6) is 0. The van der Waals surface area contributed by atoms with Crippen LogP contribution in [0.2, 0.25) is 5.02 Å². The normalized spacial score (nSPS) is 10.8. The van der Waals surface area contributed by atoms with Gasteiger partial charge in [-0.1, -0.05) is 17.7 Å². The summed E-state index contributed by atoms with van der Waals surface area (Å²) in [4.78, 5) is 10.1. The summed E-state index contributed by atoms with van der Waals surface area (Å²) in [5, 5.41) is 19.6. The van der Waals surface area contributed by atoms with Gasteiger partial charge in [-0.2, -0.15) is 5.26 Å². The molecule has 1 rings (SSSR count). The second-order valence-electron chi connectivity index (χ2n) is 3.66. The fourth-order valence-corrected chi connectivity index (χ4v) is 1.29. The molecular formula is C10H9ClN2O2. The van der Waals surface area contributed by atoms with Gasteiger partial charge in [-0.15, -0.1) is 0 Å². The molecular weight excluding hydrogens is 216 g/mol. The Kier molecular flexibility index (Phi) is 2.96. The Labute approximate surface area is 92.2 Å². The Hall–Kier alpha value is -1.60. The van der Waals surface area contributed by atoms with Gasteiger partial charge in [-0.05, 0) is 25.5 Å². The van der Waals surface area contributed by atoms with Crippen LogP contribution in [0.4, 0.5) is 5.69 Å². The molecule has 0 unspecified atom stereocenters. The Balaban J connectivity index is 3.33. The molecule has 0 radical (unpaired) electrons. The summed E-state index contributed by atoms with van der Waals surface area (Å²) in [7, 11) is 0. The third-order valence-corrected chi connectivity index (χ3v) is 2.46. The monoisotopic (exact) mass is 224 g/mol. The van der Waals surface area contributed by atoms with Crippen LogP contribution in [0.15, 0.2) is 18.2 Å². The van der Waals surface area contributed by atoms with Crippen LogP contribution in [0, 0.1) is 21.4 Å². The van der Waals surface area contributed by atoms with E-state index in [0.717, 1.165) is 0 Å². The molecule has 78 valence electrons.